The molecule has 0 radical (unpaired) electrons. The summed E-state index contributed by atoms with van der Waals surface area (Å²) in [5.74, 6) is -0.240. The summed E-state index contributed by atoms with van der Waals surface area (Å²) in [5.41, 5.74) is 3.48. The van der Waals surface area contributed by atoms with E-state index in [0.717, 1.165) is 28.3 Å². The zero-order valence-corrected chi connectivity index (χ0v) is 15.7. The molecule has 1 aliphatic rings. The molecule has 4 heterocycles. The maximum absolute atomic E-state index is 14.5. The summed E-state index contributed by atoms with van der Waals surface area (Å²) in [5, 5.41) is 18.3. The number of benzene rings is 1. The second-order valence-electron chi connectivity index (χ2n) is 7.17. The fourth-order valence-corrected chi connectivity index (χ4v) is 3.69. The van der Waals surface area contributed by atoms with Crippen LogP contribution in [0.5, 0.6) is 0 Å². The van der Waals surface area contributed by atoms with Crippen molar-refractivity contribution in [3.05, 3.63) is 48.2 Å². The summed E-state index contributed by atoms with van der Waals surface area (Å²) in [6, 6.07) is 7.32. The van der Waals surface area contributed by atoms with Gasteiger partial charge in [-0.3, -0.25) is 0 Å². The first-order chi connectivity index (χ1) is 14.1. The van der Waals surface area contributed by atoms with E-state index in [0.29, 0.717) is 18.6 Å². The van der Waals surface area contributed by atoms with Crippen LogP contribution >= 0.6 is 0 Å². The Morgan fingerprint density at radius 2 is 2.17 bits per heavy atom. The second kappa shape index (κ2) is 7.02. The van der Waals surface area contributed by atoms with Gasteiger partial charge in [0.15, 0.2) is 11.5 Å². The number of ether oxygens (including phenoxy) is 1. The molecule has 148 valence electrons. The lowest BCUT2D eigenvalue weighted by molar-refractivity contribution is -0.0136. The largest absolute Gasteiger partial charge is 0.389 e. The van der Waals surface area contributed by atoms with Crippen LogP contribution in [-0.4, -0.2) is 55.0 Å². The summed E-state index contributed by atoms with van der Waals surface area (Å²) in [7, 11) is 0. The van der Waals surface area contributed by atoms with Crippen molar-refractivity contribution >= 4 is 22.5 Å². The van der Waals surface area contributed by atoms with Crippen molar-refractivity contribution in [1.82, 2.24) is 24.6 Å². The number of anilines is 1. The third kappa shape index (κ3) is 3.18. The Morgan fingerprint density at radius 3 is 3.03 bits per heavy atom. The van der Waals surface area contributed by atoms with Crippen molar-refractivity contribution in [3.8, 4) is 11.3 Å². The fraction of sp³-hybridized carbons (Fsp3) is 0.300. The van der Waals surface area contributed by atoms with Gasteiger partial charge in [0, 0.05) is 17.6 Å². The minimum Gasteiger partial charge on any atom is -0.389 e. The van der Waals surface area contributed by atoms with Gasteiger partial charge >= 0.3 is 0 Å². The maximum atomic E-state index is 14.5. The van der Waals surface area contributed by atoms with Crippen molar-refractivity contribution < 1.29 is 14.2 Å². The zero-order valence-electron chi connectivity index (χ0n) is 15.7. The highest BCUT2D eigenvalue weighted by molar-refractivity contribution is 5.87. The van der Waals surface area contributed by atoms with Gasteiger partial charge in [-0.25, -0.2) is 23.9 Å². The van der Waals surface area contributed by atoms with E-state index < -0.39 is 11.9 Å². The van der Waals surface area contributed by atoms with Crippen LogP contribution in [0, 0.1) is 12.7 Å². The topological polar surface area (TPSA) is 97.5 Å². The lowest BCUT2D eigenvalue weighted by Crippen LogP contribution is -2.42. The highest BCUT2D eigenvalue weighted by Crippen LogP contribution is 2.27. The summed E-state index contributed by atoms with van der Waals surface area (Å²) in [6.07, 6.45) is 2.63. The first-order valence-corrected chi connectivity index (χ1v) is 9.38. The van der Waals surface area contributed by atoms with Gasteiger partial charge in [0.25, 0.3) is 0 Å². The van der Waals surface area contributed by atoms with Gasteiger partial charge in [0.1, 0.15) is 12.0 Å². The number of aliphatic hydroxyl groups excluding tert-OH is 1. The Hall–Kier alpha value is -3.17. The first-order valence-electron chi connectivity index (χ1n) is 9.38. The molecule has 5 rings (SSSR count). The number of halogens is 1. The summed E-state index contributed by atoms with van der Waals surface area (Å²) in [4.78, 5) is 12.7. The molecule has 0 saturated carbocycles. The number of aryl methyl sites for hydroxylation is 1. The van der Waals surface area contributed by atoms with Crippen molar-refractivity contribution in [2.24, 2.45) is 0 Å². The summed E-state index contributed by atoms with van der Waals surface area (Å²) >= 11 is 0. The Morgan fingerprint density at radius 1 is 1.28 bits per heavy atom. The van der Waals surface area contributed by atoms with E-state index in [1.807, 2.05) is 25.1 Å². The van der Waals surface area contributed by atoms with E-state index in [4.69, 9.17) is 4.74 Å². The molecule has 1 saturated heterocycles. The number of aromatic nitrogens is 5. The number of pyridine rings is 1. The number of nitrogens with one attached hydrogen (secondary N) is 1. The molecule has 0 amide bonds. The van der Waals surface area contributed by atoms with Crippen molar-refractivity contribution in [1.29, 1.82) is 0 Å². The predicted molar refractivity (Wildman–Crippen MR) is 105 cm³/mol. The monoisotopic (exact) mass is 394 g/mol. The van der Waals surface area contributed by atoms with Crippen LogP contribution in [0.3, 0.4) is 0 Å². The van der Waals surface area contributed by atoms with Gasteiger partial charge in [-0.1, -0.05) is 6.07 Å². The molecule has 0 aliphatic carbocycles. The predicted octanol–water partition coefficient (Wildman–Crippen LogP) is 2.35. The van der Waals surface area contributed by atoms with Crippen LogP contribution in [0.25, 0.3) is 27.8 Å². The van der Waals surface area contributed by atoms with Gasteiger partial charge in [-0.2, -0.15) is 5.10 Å². The molecule has 3 aromatic heterocycles. The molecule has 0 bridgehead atoms. The normalized spacial score (nSPS) is 19.7. The molecule has 0 unspecified atom stereocenters. The van der Waals surface area contributed by atoms with E-state index in [1.165, 1.54) is 6.33 Å². The SMILES string of the molecule is Cc1cc2cc(-c3nc(N[C@@H]4CCOC[C@H]4O)ncc3F)ccc2n2ncnc12. The molecule has 2 N–H and O–H groups in total. The lowest BCUT2D eigenvalue weighted by Gasteiger charge is -2.28. The third-order valence-corrected chi connectivity index (χ3v) is 5.19. The molecule has 0 spiro atoms. The first kappa shape index (κ1) is 17.9. The number of rotatable bonds is 3. The molecule has 9 heteroatoms. The molecule has 1 aromatic carbocycles. The Balaban J connectivity index is 1.54. The maximum Gasteiger partial charge on any atom is 0.223 e. The van der Waals surface area contributed by atoms with E-state index in [2.05, 4.69) is 25.4 Å². The average molecular weight is 394 g/mol. The molecule has 1 aliphatic heterocycles. The van der Waals surface area contributed by atoms with E-state index in [9.17, 15) is 9.50 Å². The Labute approximate surface area is 165 Å². The molecule has 1 fully saturated rings. The summed E-state index contributed by atoms with van der Waals surface area (Å²) < 4.78 is 21.5. The van der Waals surface area contributed by atoms with Crippen LogP contribution in [-0.2, 0) is 4.74 Å². The number of nitrogens with zero attached hydrogens (tertiary/aromatic N) is 5. The number of aliphatic hydroxyl groups is 1. The van der Waals surface area contributed by atoms with Gasteiger partial charge in [0.2, 0.25) is 5.95 Å². The van der Waals surface area contributed by atoms with Crippen LogP contribution in [0.15, 0.2) is 36.8 Å². The van der Waals surface area contributed by atoms with Crippen molar-refractivity contribution in [2.75, 3.05) is 18.5 Å². The number of fused-ring (bicyclic) bond motifs is 3. The van der Waals surface area contributed by atoms with Crippen molar-refractivity contribution in [3.63, 3.8) is 0 Å². The van der Waals surface area contributed by atoms with Gasteiger partial charge < -0.3 is 15.2 Å². The zero-order chi connectivity index (χ0) is 20.0. The molecular weight excluding hydrogens is 375 g/mol. The highest BCUT2D eigenvalue weighted by atomic mass is 19.1. The second-order valence-corrected chi connectivity index (χ2v) is 7.17. The highest BCUT2D eigenvalue weighted by Gasteiger charge is 2.24. The molecular formula is C20H19FN6O2. The quantitative estimate of drug-likeness (QED) is 0.550. The third-order valence-electron chi connectivity index (χ3n) is 5.19. The van der Waals surface area contributed by atoms with E-state index in [1.54, 1.807) is 10.6 Å². The fourth-order valence-electron chi connectivity index (χ4n) is 3.69. The van der Waals surface area contributed by atoms with Crippen LogP contribution in [0.1, 0.15) is 12.0 Å². The van der Waals surface area contributed by atoms with Crippen LogP contribution < -0.4 is 5.32 Å². The molecule has 8 nitrogen and oxygen atoms in total. The van der Waals surface area contributed by atoms with Crippen molar-refractivity contribution in [2.45, 2.75) is 25.5 Å². The molecule has 2 atom stereocenters. The lowest BCUT2D eigenvalue weighted by atomic mass is 10.1. The minimum atomic E-state index is -0.658. The van der Waals surface area contributed by atoms with Gasteiger partial charge in [-0.05, 0) is 37.1 Å². The average Bonchev–Trinajstić information content (AvgIpc) is 3.22. The van der Waals surface area contributed by atoms with Gasteiger partial charge in [-0.15, -0.1) is 0 Å². The van der Waals surface area contributed by atoms with Crippen LogP contribution in [0.2, 0.25) is 0 Å². The van der Waals surface area contributed by atoms with Gasteiger partial charge in [0.05, 0.1) is 30.5 Å². The number of hydrogen-bond acceptors (Lipinski definition) is 7. The van der Waals surface area contributed by atoms with E-state index in [-0.39, 0.29) is 24.3 Å². The molecule has 29 heavy (non-hydrogen) atoms. The standard InChI is InChI=1S/C20H19FN6O2/c1-11-6-13-7-12(2-3-16(13)27-19(11)23-10-24-27)18-14(21)8-22-20(26-18)25-15-4-5-29-9-17(15)28/h2-3,6-8,10,15,17,28H,4-5,9H2,1H3,(H,22,25,26)/t15-,17-/m1/s1. The molecule has 4 aromatic rings. The van der Waals surface area contributed by atoms with Crippen LogP contribution in [0.4, 0.5) is 10.3 Å². The van der Waals surface area contributed by atoms with E-state index >= 15 is 0 Å². The number of hydrogen-bond donors (Lipinski definition) is 2. The Kier molecular flexibility index (Phi) is 4.33. The smallest absolute Gasteiger partial charge is 0.223 e. The summed E-state index contributed by atoms with van der Waals surface area (Å²) in [6.45, 7) is 2.76. The Bertz CT molecular complexity index is 1210. The minimum absolute atomic E-state index is 0.197.